The fourth-order valence-electron chi connectivity index (χ4n) is 1.44. The molecule has 1 aromatic carbocycles. The Bertz CT molecular complexity index is 589. The molecule has 16 heavy (non-hydrogen) atoms. The van der Waals surface area contributed by atoms with E-state index in [2.05, 4.69) is 9.97 Å². The molecule has 0 N–H and O–H groups in total. The smallest absolute Gasteiger partial charge is 0.182 e. The molecule has 0 unspecified atom stereocenters. The summed E-state index contributed by atoms with van der Waals surface area (Å²) in [5.41, 5.74) is 1.48. The third kappa shape index (κ3) is 1.65. The van der Waals surface area contributed by atoms with Gasteiger partial charge in [0, 0.05) is 11.6 Å². The van der Waals surface area contributed by atoms with E-state index in [1.54, 1.807) is 17.5 Å². The molecule has 80 valence electrons. The number of benzene rings is 1. The second-order valence-electron chi connectivity index (χ2n) is 3.17. The van der Waals surface area contributed by atoms with Gasteiger partial charge in [-0.05, 0) is 12.1 Å². The number of nitrogens with zero attached hydrogens (tertiary/aromatic N) is 2. The second kappa shape index (κ2) is 3.94. The van der Waals surface area contributed by atoms with Crippen LogP contribution in [0.1, 0.15) is 5.01 Å². The van der Waals surface area contributed by atoms with Crippen LogP contribution in [0.3, 0.4) is 0 Å². The van der Waals surface area contributed by atoms with Crippen molar-refractivity contribution in [3.05, 3.63) is 41.2 Å². The molecule has 4 nitrogen and oxygen atoms in total. The highest BCUT2D eigenvalue weighted by Crippen LogP contribution is 2.24. The Morgan fingerprint density at radius 1 is 1.31 bits per heavy atom. The molecule has 0 bridgehead atoms. The van der Waals surface area contributed by atoms with Crippen molar-refractivity contribution in [3.8, 4) is 5.75 Å². The Kier molecular flexibility index (Phi) is 2.30. The first-order valence-corrected chi connectivity index (χ1v) is 5.65. The van der Waals surface area contributed by atoms with Crippen LogP contribution in [0.15, 0.2) is 40.6 Å². The molecule has 0 aliphatic heterocycles. The van der Waals surface area contributed by atoms with Gasteiger partial charge in [-0.25, -0.2) is 9.97 Å². The van der Waals surface area contributed by atoms with E-state index in [1.165, 1.54) is 6.39 Å². The van der Waals surface area contributed by atoms with Gasteiger partial charge < -0.3 is 9.15 Å². The predicted octanol–water partition coefficient (Wildman–Crippen LogP) is 2.86. The molecule has 0 fully saturated rings. The molecule has 0 saturated carbocycles. The van der Waals surface area contributed by atoms with E-state index in [0.717, 1.165) is 21.9 Å². The van der Waals surface area contributed by atoms with Crippen LogP contribution in [-0.2, 0) is 6.61 Å². The molecule has 0 spiro atoms. The molecule has 0 atom stereocenters. The van der Waals surface area contributed by atoms with Crippen molar-refractivity contribution in [2.75, 3.05) is 0 Å². The molecule has 2 aromatic heterocycles. The summed E-state index contributed by atoms with van der Waals surface area (Å²) in [5, 5.41) is 2.87. The van der Waals surface area contributed by atoms with Crippen molar-refractivity contribution < 1.29 is 9.15 Å². The molecular weight excluding hydrogens is 224 g/mol. The van der Waals surface area contributed by atoms with Crippen molar-refractivity contribution in [1.29, 1.82) is 0 Å². The van der Waals surface area contributed by atoms with E-state index in [0.29, 0.717) is 6.61 Å². The third-order valence-corrected chi connectivity index (χ3v) is 2.91. The lowest BCUT2D eigenvalue weighted by Gasteiger charge is -2.03. The van der Waals surface area contributed by atoms with Crippen LogP contribution in [0.2, 0.25) is 0 Å². The fourth-order valence-corrected chi connectivity index (χ4v) is 1.97. The standard InChI is InChI=1S/C11H8N2O2S/c1-2-8(11-9(3-1)15-7-13-11)14-6-10-12-4-5-16-10/h1-5,7H,6H2. The van der Waals surface area contributed by atoms with Crippen LogP contribution in [0.25, 0.3) is 11.1 Å². The van der Waals surface area contributed by atoms with Crippen molar-refractivity contribution in [2.45, 2.75) is 6.61 Å². The first-order chi connectivity index (χ1) is 7.93. The van der Waals surface area contributed by atoms with Crippen LogP contribution in [0.4, 0.5) is 0 Å². The van der Waals surface area contributed by atoms with Crippen molar-refractivity contribution in [2.24, 2.45) is 0 Å². The summed E-state index contributed by atoms with van der Waals surface area (Å²) in [5.74, 6) is 0.724. The quantitative estimate of drug-likeness (QED) is 0.696. The van der Waals surface area contributed by atoms with E-state index < -0.39 is 0 Å². The Hall–Kier alpha value is -1.88. The molecule has 3 rings (SSSR count). The predicted molar refractivity (Wildman–Crippen MR) is 60.5 cm³/mol. The molecule has 0 radical (unpaired) electrons. The van der Waals surface area contributed by atoms with Crippen LogP contribution in [-0.4, -0.2) is 9.97 Å². The fraction of sp³-hybridized carbons (Fsp3) is 0.0909. The number of aromatic nitrogens is 2. The molecule has 0 saturated heterocycles. The van der Waals surface area contributed by atoms with Crippen LogP contribution in [0.5, 0.6) is 5.75 Å². The number of oxazole rings is 1. The van der Waals surface area contributed by atoms with E-state index in [-0.39, 0.29) is 0 Å². The molecule has 5 heteroatoms. The summed E-state index contributed by atoms with van der Waals surface area (Å²) in [6.45, 7) is 0.462. The average Bonchev–Trinajstić information content (AvgIpc) is 2.97. The molecular formula is C11H8N2O2S. The highest BCUT2D eigenvalue weighted by molar-refractivity contribution is 7.09. The summed E-state index contributed by atoms with van der Waals surface area (Å²) in [4.78, 5) is 8.26. The molecule has 0 amide bonds. The van der Waals surface area contributed by atoms with E-state index in [4.69, 9.17) is 9.15 Å². The molecule has 0 aliphatic carbocycles. The van der Waals surface area contributed by atoms with Gasteiger partial charge in [0.15, 0.2) is 17.5 Å². The van der Waals surface area contributed by atoms with E-state index in [1.807, 2.05) is 23.6 Å². The summed E-state index contributed by atoms with van der Waals surface area (Å²) >= 11 is 1.57. The Labute approximate surface area is 95.5 Å². The highest BCUT2D eigenvalue weighted by Gasteiger charge is 2.06. The number of hydrogen-bond acceptors (Lipinski definition) is 5. The van der Waals surface area contributed by atoms with E-state index >= 15 is 0 Å². The van der Waals surface area contributed by atoms with Gasteiger partial charge in [-0.15, -0.1) is 11.3 Å². The second-order valence-corrected chi connectivity index (χ2v) is 4.15. The first kappa shape index (κ1) is 9.35. The molecule has 0 aliphatic rings. The van der Waals surface area contributed by atoms with Gasteiger partial charge in [0.05, 0.1) is 0 Å². The molecule has 2 heterocycles. The van der Waals surface area contributed by atoms with Crippen LogP contribution < -0.4 is 4.74 Å². The lowest BCUT2D eigenvalue weighted by atomic mass is 10.3. The van der Waals surface area contributed by atoms with Crippen molar-refractivity contribution >= 4 is 22.4 Å². The van der Waals surface area contributed by atoms with Gasteiger partial charge in [-0.2, -0.15) is 0 Å². The number of fused-ring (bicyclic) bond motifs is 1. The van der Waals surface area contributed by atoms with Crippen molar-refractivity contribution in [1.82, 2.24) is 9.97 Å². The minimum atomic E-state index is 0.462. The van der Waals surface area contributed by atoms with Gasteiger partial charge >= 0.3 is 0 Å². The number of ether oxygens (including phenoxy) is 1. The Balaban J connectivity index is 1.86. The largest absolute Gasteiger partial charge is 0.484 e. The van der Waals surface area contributed by atoms with Gasteiger partial charge in [0.1, 0.15) is 17.4 Å². The molecule has 3 aromatic rings. The number of hydrogen-bond donors (Lipinski definition) is 0. The maximum Gasteiger partial charge on any atom is 0.182 e. The first-order valence-electron chi connectivity index (χ1n) is 4.77. The Morgan fingerprint density at radius 2 is 2.31 bits per heavy atom. The number of thiazole rings is 1. The minimum absolute atomic E-state index is 0.462. The maximum atomic E-state index is 5.65. The summed E-state index contributed by atoms with van der Waals surface area (Å²) in [6.07, 6.45) is 3.18. The SMILES string of the molecule is c1cc(OCc2nccs2)c2ncoc2c1. The lowest BCUT2D eigenvalue weighted by Crippen LogP contribution is -1.94. The normalized spacial score (nSPS) is 10.8. The van der Waals surface area contributed by atoms with Gasteiger partial charge in [0.25, 0.3) is 0 Å². The summed E-state index contributed by atoms with van der Waals surface area (Å²) < 4.78 is 10.8. The van der Waals surface area contributed by atoms with Crippen molar-refractivity contribution in [3.63, 3.8) is 0 Å². The van der Waals surface area contributed by atoms with E-state index in [9.17, 15) is 0 Å². The summed E-state index contributed by atoms with van der Waals surface area (Å²) in [6, 6.07) is 5.61. The number of rotatable bonds is 3. The third-order valence-electron chi connectivity index (χ3n) is 2.16. The minimum Gasteiger partial charge on any atom is -0.484 e. The average molecular weight is 232 g/mol. The maximum absolute atomic E-state index is 5.65. The van der Waals surface area contributed by atoms with Gasteiger partial charge in [-0.1, -0.05) is 6.07 Å². The monoisotopic (exact) mass is 232 g/mol. The zero-order valence-electron chi connectivity index (χ0n) is 8.29. The Morgan fingerprint density at radius 3 is 3.19 bits per heavy atom. The zero-order chi connectivity index (χ0) is 10.8. The zero-order valence-corrected chi connectivity index (χ0v) is 9.11. The van der Waals surface area contributed by atoms with Gasteiger partial charge in [-0.3, -0.25) is 0 Å². The topological polar surface area (TPSA) is 48.2 Å². The lowest BCUT2D eigenvalue weighted by molar-refractivity contribution is 0.309. The van der Waals surface area contributed by atoms with Crippen LogP contribution in [0, 0.1) is 0 Å². The van der Waals surface area contributed by atoms with Crippen LogP contribution >= 0.6 is 11.3 Å². The summed E-state index contributed by atoms with van der Waals surface area (Å²) in [7, 11) is 0. The number of para-hydroxylation sites is 1. The highest BCUT2D eigenvalue weighted by atomic mass is 32.1. The van der Waals surface area contributed by atoms with Gasteiger partial charge in [0.2, 0.25) is 0 Å².